The number of carbonyl (C=O) groups excluding carboxylic acids is 1. The van der Waals surface area contributed by atoms with Crippen LogP contribution in [0.25, 0.3) is 0 Å². The number of ether oxygens (including phenoxy) is 4. The Morgan fingerprint density at radius 3 is 2.59 bits per heavy atom. The van der Waals surface area contributed by atoms with E-state index < -0.39 is 23.8 Å². The van der Waals surface area contributed by atoms with Crippen LogP contribution in [0.4, 0.5) is 0 Å². The van der Waals surface area contributed by atoms with E-state index in [-0.39, 0.29) is 11.9 Å². The number of rotatable bonds is 3. The van der Waals surface area contributed by atoms with Crippen LogP contribution in [0.1, 0.15) is 32.3 Å². The molecular weight excluding hydrogens is 284 g/mol. The van der Waals surface area contributed by atoms with Gasteiger partial charge in [-0.2, -0.15) is 0 Å². The normalized spacial score (nSPS) is 39.0. The summed E-state index contributed by atoms with van der Waals surface area (Å²) in [6, 6.07) is 9.90. The summed E-state index contributed by atoms with van der Waals surface area (Å²) < 4.78 is 23.7. The lowest BCUT2D eigenvalue weighted by Crippen LogP contribution is -2.58. The second-order valence-electron chi connectivity index (χ2n) is 6.62. The van der Waals surface area contributed by atoms with Gasteiger partial charge in [-0.05, 0) is 25.8 Å². The fourth-order valence-electron chi connectivity index (χ4n) is 3.48. The van der Waals surface area contributed by atoms with Crippen molar-refractivity contribution in [2.45, 2.75) is 63.2 Å². The quantitative estimate of drug-likeness (QED) is 0.856. The van der Waals surface area contributed by atoms with E-state index in [0.717, 1.165) is 5.56 Å². The number of hydrogen-bond acceptors (Lipinski definition) is 5. The third kappa shape index (κ3) is 2.12. The molecule has 1 saturated carbocycles. The van der Waals surface area contributed by atoms with Crippen molar-refractivity contribution in [1.29, 1.82) is 0 Å². The van der Waals surface area contributed by atoms with Crippen molar-refractivity contribution in [3.8, 4) is 0 Å². The first-order chi connectivity index (χ1) is 10.5. The zero-order chi connectivity index (χ0) is 15.4. The molecule has 3 fully saturated rings. The monoisotopic (exact) mass is 304 g/mol. The van der Waals surface area contributed by atoms with Crippen molar-refractivity contribution in [1.82, 2.24) is 0 Å². The van der Waals surface area contributed by atoms with Crippen LogP contribution in [-0.4, -0.2) is 35.7 Å². The lowest BCUT2D eigenvalue weighted by Gasteiger charge is -2.41. The van der Waals surface area contributed by atoms with Gasteiger partial charge < -0.3 is 18.9 Å². The average molecular weight is 304 g/mol. The van der Waals surface area contributed by atoms with Gasteiger partial charge >= 0.3 is 0 Å². The van der Waals surface area contributed by atoms with Crippen LogP contribution in [0.3, 0.4) is 0 Å². The van der Waals surface area contributed by atoms with Gasteiger partial charge in [0.1, 0.15) is 12.2 Å². The first-order valence-electron chi connectivity index (χ1n) is 7.72. The van der Waals surface area contributed by atoms with Gasteiger partial charge in [0.05, 0.1) is 6.61 Å². The minimum absolute atomic E-state index is 0.0879. The summed E-state index contributed by atoms with van der Waals surface area (Å²) in [4.78, 5) is 12.2. The summed E-state index contributed by atoms with van der Waals surface area (Å²) >= 11 is 0. The highest BCUT2D eigenvalue weighted by atomic mass is 16.8. The largest absolute Gasteiger partial charge is 0.367 e. The Morgan fingerprint density at radius 1 is 1.18 bits per heavy atom. The molecule has 118 valence electrons. The van der Waals surface area contributed by atoms with E-state index in [0.29, 0.717) is 19.4 Å². The molecule has 0 amide bonds. The highest BCUT2D eigenvalue weighted by molar-refractivity contribution is 5.94. The maximum atomic E-state index is 12.2. The van der Waals surface area contributed by atoms with E-state index in [4.69, 9.17) is 18.9 Å². The molecule has 1 aromatic rings. The van der Waals surface area contributed by atoms with E-state index >= 15 is 0 Å². The first-order valence-corrected chi connectivity index (χ1v) is 7.72. The van der Waals surface area contributed by atoms with Gasteiger partial charge in [-0.15, -0.1) is 0 Å². The zero-order valence-electron chi connectivity index (χ0n) is 12.8. The van der Waals surface area contributed by atoms with Crippen molar-refractivity contribution in [3.05, 3.63) is 35.9 Å². The van der Waals surface area contributed by atoms with Crippen LogP contribution < -0.4 is 0 Å². The van der Waals surface area contributed by atoms with E-state index in [9.17, 15) is 4.79 Å². The number of Topliss-reactive ketones (excluding diaryl/α,β-unsaturated/α-hetero) is 1. The van der Waals surface area contributed by atoms with Gasteiger partial charge in [-0.3, -0.25) is 4.79 Å². The molecule has 0 N–H and O–H groups in total. The number of ketones is 1. The van der Waals surface area contributed by atoms with Crippen molar-refractivity contribution in [2.75, 3.05) is 0 Å². The minimum Gasteiger partial charge on any atom is -0.367 e. The van der Waals surface area contributed by atoms with E-state index in [1.807, 2.05) is 44.2 Å². The Labute approximate surface area is 129 Å². The topological polar surface area (TPSA) is 54.0 Å². The Kier molecular flexibility index (Phi) is 3.17. The van der Waals surface area contributed by atoms with Crippen LogP contribution in [0, 0.1) is 0 Å². The van der Waals surface area contributed by atoms with Crippen LogP contribution in [0.5, 0.6) is 0 Å². The van der Waals surface area contributed by atoms with Crippen molar-refractivity contribution >= 4 is 5.78 Å². The van der Waals surface area contributed by atoms with Gasteiger partial charge in [0, 0.05) is 6.42 Å². The van der Waals surface area contributed by atoms with Gasteiger partial charge in [0.15, 0.2) is 23.5 Å². The fourth-order valence-corrected chi connectivity index (χ4v) is 3.48. The third-order valence-electron chi connectivity index (χ3n) is 4.64. The Balaban J connectivity index is 1.55. The van der Waals surface area contributed by atoms with Crippen LogP contribution in [0.2, 0.25) is 0 Å². The minimum atomic E-state index is -0.874. The molecule has 4 atom stereocenters. The molecule has 0 radical (unpaired) electrons. The smallest absolute Gasteiger partial charge is 0.191 e. The lowest BCUT2D eigenvalue weighted by molar-refractivity contribution is -0.250. The Morgan fingerprint density at radius 2 is 1.95 bits per heavy atom. The molecule has 1 spiro atoms. The summed E-state index contributed by atoms with van der Waals surface area (Å²) in [6.45, 7) is 4.12. The molecule has 4 rings (SSSR count). The van der Waals surface area contributed by atoms with Crippen molar-refractivity contribution in [2.24, 2.45) is 0 Å². The zero-order valence-corrected chi connectivity index (χ0v) is 12.8. The SMILES string of the molecule is CC1(C)OC2O[C@@]3(CCC3=O)C(OCc3ccccc3)[C@@H]2O1. The van der Waals surface area contributed by atoms with E-state index in [1.54, 1.807) is 0 Å². The molecule has 22 heavy (non-hydrogen) atoms. The number of carbonyl (C=O) groups is 1. The van der Waals surface area contributed by atoms with E-state index in [1.165, 1.54) is 0 Å². The Hall–Kier alpha value is -1.27. The predicted molar refractivity (Wildman–Crippen MR) is 76.9 cm³/mol. The lowest BCUT2D eigenvalue weighted by atomic mass is 9.74. The molecule has 2 heterocycles. The molecule has 2 unspecified atom stereocenters. The second kappa shape index (κ2) is 4.86. The standard InChI is InChI=1S/C17H20O5/c1-16(2)20-13-14(19-10-11-6-4-3-5-7-11)17(9-8-12(17)18)22-15(13)21-16/h3-7,13-15H,8-10H2,1-2H3/t13-,14?,15?,17+/m0/s1. The summed E-state index contributed by atoms with van der Waals surface area (Å²) in [7, 11) is 0. The van der Waals surface area contributed by atoms with Gasteiger partial charge in [0.25, 0.3) is 0 Å². The molecular formula is C17H20O5. The number of benzene rings is 1. The Bertz CT molecular complexity index is 584. The highest BCUT2D eigenvalue weighted by Crippen LogP contribution is 2.50. The summed E-state index contributed by atoms with van der Waals surface area (Å²) in [5, 5.41) is 0. The summed E-state index contributed by atoms with van der Waals surface area (Å²) in [5.74, 6) is -0.622. The molecule has 2 aliphatic heterocycles. The number of fused-ring (bicyclic) bond motifs is 1. The molecule has 3 aliphatic rings. The third-order valence-corrected chi connectivity index (χ3v) is 4.64. The molecule has 5 heteroatoms. The second-order valence-corrected chi connectivity index (χ2v) is 6.62. The van der Waals surface area contributed by atoms with Crippen molar-refractivity contribution in [3.63, 3.8) is 0 Å². The van der Waals surface area contributed by atoms with Gasteiger partial charge in [0.2, 0.25) is 0 Å². The van der Waals surface area contributed by atoms with Crippen LogP contribution >= 0.6 is 0 Å². The molecule has 0 bridgehead atoms. The first kappa shape index (κ1) is 14.3. The maximum absolute atomic E-state index is 12.2. The van der Waals surface area contributed by atoms with Crippen LogP contribution in [-0.2, 0) is 30.3 Å². The maximum Gasteiger partial charge on any atom is 0.191 e. The van der Waals surface area contributed by atoms with Gasteiger partial charge in [-0.25, -0.2) is 0 Å². The molecule has 2 saturated heterocycles. The summed E-state index contributed by atoms with van der Waals surface area (Å²) in [5.41, 5.74) is 0.187. The molecule has 1 aromatic carbocycles. The van der Waals surface area contributed by atoms with E-state index in [2.05, 4.69) is 0 Å². The summed E-state index contributed by atoms with van der Waals surface area (Å²) in [6.07, 6.45) is -0.0943. The number of hydrogen-bond donors (Lipinski definition) is 0. The molecule has 5 nitrogen and oxygen atoms in total. The molecule has 0 aromatic heterocycles. The highest BCUT2D eigenvalue weighted by Gasteiger charge is 2.68. The van der Waals surface area contributed by atoms with Crippen molar-refractivity contribution < 1.29 is 23.7 Å². The fraction of sp³-hybridized carbons (Fsp3) is 0.588. The predicted octanol–water partition coefficient (Wildman–Crippen LogP) is 2.18. The molecule has 1 aliphatic carbocycles. The van der Waals surface area contributed by atoms with Gasteiger partial charge in [-0.1, -0.05) is 30.3 Å². The van der Waals surface area contributed by atoms with Crippen LogP contribution in [0.15, 0.2) is 30.3 Å². The average Bonchev–Trinajstić information content (AvgIpc) is 2.95.